The number of aryl methyl sites for hydroxylation is 1. The van der Waals surface area contributed by atoms with Crippen LogP contribution in [0.2, 0.25) is 0 Å². The molecule has 2 aromatic rings. The maximum absolute atomic E-state index is 5.88. The maximum Gasteiger partial charge on any atom is 0.222 e. The van der Waals surface area contributed by atoms with Crippen molar-refractivity contribution >= 4 is 11.8 Å². The van der Waals surface area contributed by atoms with Crippen molar-refractivity contribution in [3.05, 3.63) is 17.8 Å². The predicted octanol–water partition coefficient (Wildman–Crippen LogP) is 0.946. The number of aromatic amines is 1. The van der Waals surface area contributed by atoms with Gasteiger partial charge in [-0.2, -0.15) is 10.1 Å². The van der Waals surface area contributed by atoms with Crippen LogP contribution in [0.15, 0.2) is 12.3 Å². The number of likely N-dealkylation sites (N-methyl/N-ethyl adjacent to an activating group) is 1. The van der Waals surface area contributed by atoms with E-state index in [1.165, 1.54) is 0 Å². The Morgan fingerprint density at radius 1 is 1.43 bits per heavy atom. The fourth-order valence-corrected chi connectivity index (χ4v) is 2.71. The van der Waals surface area contributed by atoms with Crippen LogP contribution in [-0.2, 0) is 0 Å². The van der Waals surface area contributed by atoms with E-state index in [1.54, 1.807) is 6.20 Å². The highest BCUT2D eigenvalue weighted by Gasteiger charge is 2.33. The zero-order valence-corrected chi connectivity index (χ0v) is 12.6. The summed E-state index contributed by atoms with van der Waals surface area (Å²) in [4.78, 5) is 10.9. The third-order valence-corrected chi connectivity index (χ3v) is 4.22. The van der Waals surface area contributed by atoms with Gasteiger partial charge in [-0.1, -0.05) is 0 Å². The van der Waals surface area contributed by atoms with Gasteiger partial charge in [0.05, 0.1) is 17.6 Å². The first-order chi connectivity index (χ1) is 10.0. The molecule has 3 heterocycles. The molecule has 1 atom stereocenters. The highest BCUT2D eigenvalue weighted by atomic mass is 15.3. The van der Waals surface area contributed by atoms with Crippen molar-refractivity contribution in [2.75, 3.05) is 30.8 Å². The molecular formula is C14H21N7. The lowest BCUT2D eigenvalue weighted by atomic mass is 10.0. The Kier molecular flexibility index (Phi) is 3.29. The van der Waals surface area contributed by atoms with E-state index in [4.69, 9.17) is 5.73 Å². The Hall–Kier alpha value is -2.15. The van der Waals surface area contributed by atoms with Crippen molar-refractivity contribution in [1.29, 1.82) is 0 Å². The summed E-state index contributed by atoms with van der Waals surface area (Å²) in [5.41, 5.74) is 8.71. The molecule has 21 heavy (non-hydrogen) atoms. The second-order valence-corrected chi connectivity index (χ2v) is 5.88. The van der Waals surface area contributed by atoms with Gasteiger partial charge >= 0.3 is 0 Å². The molecule has 7 heteroatoms. The minimum atomic E-state index is 0.115. The van der Waals surface area contributed by atoms with Crippen molar-refractivity contribution in [3.63, 3.8) is 0 Å². The minimum Gasteiger partial charge on any atom is -0.368 e. The van der Waals surface area contributed by atoms with E-state index < -0.39 is 0 Å². The first-order valence-corrected chi connectivity index (χ1v) is 7.09. The summed E-state index contributed by atoms with van der Waals surface area (Å²) in [5.74, 6) is 1.15. The fraction of sp³-hybridized carbons (Fsp3) is 0.500. The highest BCUT2D eigenvalue weighted by Crippen LogP contribution is 2.28. The van der Waals surface area contributed by atoms with Gasteiger partial charge in [0.1, 0.15) is 5.82 Å². The number of anilines is 2. The molecule has 112 valence electrons. The van der Waals surface area contributed by atoms with Crippen molar-refractivity contribution < 1.29 is 0 Å². The van der Waals surface area contributed by atoms with Crippen LogP contribution in [0.1, 0.15) is 18.9 Å². The molecule has 0 radical (unpaired) electrons. The van der Waals surface area contributed by atoms with Gasteiger partial charge in [0.2, 0.25) is 5.95 Å². The van der Waals surface area contributed by atoms with Crippen molar-refractivity contribution in [2.45, 2.75) is 25.8 Å². The summed E-state index contributed by atoms with van der Waals surface area (Å²) >= 11 is 0. The molecule has 1 fully saturated rings. The molecular weight excluding hydrogens is 266 g/mol. The molecule has 1 aliphatic rings. The number of nitrogens with zero attached hydrogens (tertiary/aromatic N) is 4. The summed E-state index contributed by atoms with van der Waals surface area (Å²) in [6, 6.07) is 1.97. The smallest absolute Gasteiger partial charge is 0.222 e. The van der Waals surface area contributed by atoms with Crippen molar-refractivity contribution in [1.82, 2.24) is 25.5 Å². The Bertz CT molecular complexity index is 651. The number of nitrogen functional groups attached to an aromatic ring is 1. The zero-order valence-electron chi connectivity index (χ0n) is 12.6. The Morgan fingerprint density at radius 3 is 2.86 bits per heavy atom. The third kappa shape index (κ3) is 2.56. The van der Waals surface area contributed by atoms with E-state index in [0.29, 0.717) is 0 Å². The highest BCUT2D eigenvalue weighted by molar-refractivity contribution is 5.63. The van der Waals surface area contributed by atoms with E-state index in [-0.39, 0.29) is 11.5 Å². The number of aromatic nitrogens is 4. The van der Waals surface area contributed by atoms with Gasteiger partial charge in [-0.15, -0.1) is 0 Å². The predicted molar refractivity (Wildman–Crippen MR) is 83.1 cm³/mol. The van der Waals surface area contributed by atoms with E-state index in [2.05, 4.69) is 37.3 Å². The lowest BCUT2D eigenvalue weighted by Gasteiger charge is -2.24. The number of hydrogen-bond acceptors (Lipinski definition) is 6. The molecule has 7 nitrogen and oxygen atoms in total. The number of rotatable bonds is 3. The standard InChI is InChI=1S/C14H21N7/c1-9-7-17-20-12(9)10-6-11(19-13(15)18-10)21-5-4-14(2,8-21)16-3/h6-7,16H,4-5,8H2,1-3H3,(H,17,20)(H2,15,18,19). The van der Waals surface area contributed by atoms with Crippen LogP contribution in [0.3, 0.4) is 0 Å². The summed E-state index contributed by atoms with van der Waals surface area (Å²) in [6.07, 6.45) is 2.85. The molecule has 1 aliphatic heterocycles. The first-order valence-electron chi connectivity index (χ1n) is 7.09. The molecule has 4 N–H and O–H groups in total. The molecule has 3 rings (SSSR count). The SMILES string of the molecule is CNC1(C)CCN(c2cc(-c3[nH]ncc3C)nc(N)n2)C1. The van der Waals surface area contributed by atoms with Gasteiger partial charge < -0.3 is 16.0 Å². The van der Waals surface area contributed by atoms with Crippen LogP contribution in [0.25, 0.3) is 11.4 Å². The van der Waals surface area contributed by atoms with Gasteiger partial charge in [-0.25, -0.2) is 4.98 Å². The molecule has 0 amide bonds. The normalized spacial score (nSPS) is 22.0. The third-order valence-electron chi connectivity index (χ3n) is 4.22. The molecule has 2 aromatic heterocycles. The molecule has 0 aliphatic carbocycles. The van der Waals surface area contributed by atoms with Gasteiger partial charge in [0.15, 0.2) is 0 Å². The summed E-state index contributed by atoms with van der Waals surface area (Å²) in [5, 5.41) is 10.4. The quantitative estimate of drug-likeness (QED) is 0.777. The van der Waals surface area contributed by atoms with Gasteiger partial charge in [-0.3, -0.25) is 5.10 Å². The van der Waals surface area contributed by atoms with E-state index >= 15 is 0 Å². The average Bonchev–Trinajstić information content (AvgIpc) is 3.05. The Morgan fingerprint density at radius 2 is 2.24 bits per heavy atom. The van der Waals surface area contributed by atoms with Crippen LogP contribution in [-0.4, -0.2) is 45.8 Å². The lowest BCUT2D eigenvalue weighted by Crippen LogP contribution is -2.42. The first kappa shape index (κ1) is 13.8. The van der Waals surface area contributed by atoms with Gasteiger partial charge in [-0.05, 0) is 32.9 Å². The van der Waals surface area contributed by atoms with Crippen molar-refractivity contribution in [3.8, 4) is 11.4 Å². The summed E-state index contributed by atoms with van der Waals surface area (Å²) < 4.78 is 0. The summed E-state index contributed by atoms with van der Waals surface area (Å²) in [7, 11) is 2.00. The van der Waals surface area contributed by atoms with E-state index in [0.717, 1.165) is 42.3 Å². The number of nitrogens with two attached hydrogens (primary N) is 1. The largest absolute Gasteiger partial charge is 0.368 e. The fourth-order valence-electron chi connectivity index (χ4n) is 2.71. The molecule has 0 saturated carbocycles. The molecule has 0 bridgehead atoms. The number of nitrogens with one attached hydrogen (secondary N) is 2. The maximum atomic E-state index is 5.88. The van der Waals surface area contributed by atoms with Crippen LogP contribution in [0.4, 0.5) is 11.8 Å². The van der Waals surface area contributed by atoms with Gasteiger partial charge in [0, 0.05) is 24.7 Å². The molecule has 1 saturated heterocycles. The summed E-state index contributed by atoms with van der Waals surface area (Å²) in [6.45, 7) is 6.07. The Balaban J connectivity index is 1.94. The lowest BCUT2D eigenvalue weighted by molar-refractivity contribution is 0.428. The number of hydrogen-bond donors (Lipinski definition) is 3. The number of H-pyrrole nitrogens is 1. The topological polar surface area (TPSA) is 95.8 Å². The van der Waals surface area contributed by atoms with Crippen LogP contribution >= 0.6 is 0 Å². The monoisotopic (exact) mass is 287 g/mol. The molecule has 0 spiro atoms. The van der Waals surface area contributed by atoms with Crippen LogP contribution in [0.5, 0.6) is 0 Å². The van der Waals surface area contributed by atoms with Gasteiger partial charge in [0.25, 0.3) is 0 Å². The molecule has 0 aromatic carbocycles. The van der Waals surface area contributed by atoms with Crippen molar-refractivity contribution in [2.24, 2.45) is 0 Å². The average molecular weight is 287 g/mol. The second kappa shape index (κ2) is 5.00. The minimum absolute atomic E-state index is 0.115. The van der Waals surface area contributed by atoms with Crippen LogP contribution < -0.4 is 16.0 Å². The second-order valence-electron chi connectivity index (χ2n) is 5.88. The van der Waals surface area contributed by atoms with Crippen LogP contribution in [0, 0.1) is 6.92 Å². The Labute approximate surface area is 124 Å². The van der Waals surface area contributed by atoms with E-state index in [9.17, 15) is 0 Å². The van der Waals surface area contributed by atoms with E-state index in [1.807, 2.05) is 20.0 Å². The zero-order chi connectivity index (χ0) is 15.0. The molecule has 1 unspecified atom stereocenters.